The van der Waals surface area contributed by atoms with Gasteiger partial charge < -0.3 is 18.6 Å². The summed E-state index contributed by atoms with van der Waals surface area (Å²) in [5, 5.41) is 2.25. The Kier molecular flexibility index (Phi) is 9.38. The standard InChI is InChI=1S/C59H63BN2O2/c1-33(2)40-29-47-52-48(30-40)62(54-36(5)26-43(27-37(54)6)59(13,14)15)55-44-32-41(57(7,8)9)21-23-50(44)64-56(55)60(52)45-22-20-39(51-31-38-18-16-17-19-49(38)63-51)28-46(45)61(47)53-34(3)24-42(25-35(53)4)58(10,11)12/h16-33H,1-15H3. The maximum Gasteiger partial charge on any atom is 0.297 e. The average molecular weight is 843 g/mol. The lowest BCUT2D eigenvalue weighted by Gasteiger charge is -2.44. The average Bonchev–Trinajstić information content (AvgIpc) is 3.82. The third kappa shape index (κ3) is 6.55. The topological polar surface area (TPSA) is 32.8 Å². The Bertz CT molecular complexity index is 3130. The van der Waals surface area contributed by atoms with Crippen molar-refractivity contribution in [1.82, 2.24) is 0 Å². The molecule has 0 N–H and O–H groups in total. The quantitative estimate of drug-likeness (QED) is 0.165. The summed E-state index contributed by atoms with van der Waals surface area (Å²) in [5.41, 5.74) is 23.7. The van der Waals surface area contributed by atoms with Gasteiger partial charge in [0.2, 0.25) is 0 Å². The van der Waals surface area contributed by atoms with Crippen molar-refractivity contribution in [3.05, 3.63) is 148 Å². The number of rotatable bonds is 4. The molecule has 0 atom stereocenters. The molecule has 2 aliphatic rings. The van der Waals surface area contributed by atoms with E-state index in [1.807, 2.05) is 6.07 Å². The van der Waals surface area contributed by atoms with Crippen molar-refractivity contribution in [2.75, 3.05) is 9.80 Å². The van der Waals surface area contributed by atoms with Crippen LogP contribution in [0.25, 0.3) is 33.3 Å². The van der Waals surface area contributed by atoms with Crippen LogP contribution in [0.15, 0.2) is 112 Å². The van der Waals surface area contributed by atoms with Gasteiger partial charge in [-0.3, -0.25) is 0 Å². The molecule has 0 fully saturated rings. The molecule has 0 bridgehead atoms. The van der Waals surface area contributed by atoms with Gasteiger partial charge in [0.25, 0.3) is 6.71 Å². The van der Waals surface area contributed by atoms with Gasteiger partial charge in [-0.05, 0) is 148 Å². The monoisotopic (exact) mass is 842 g/mol. The Hall–Kier alpha value is -5.94. The van der Waals surface area contributed by atoms with Crippen molar-refractivity contribution in [3.8, 4) is 11.3 Å². The highest BCUT2D eigenvalue weighted by atomic mass is 16.3. The maximum atomic E-state index is 7.37. The fourth-order valence-electron chi connectivity index (χ4n) is 10.5. The summed E-state index contributed by atoms with van der Waals surface area (Å²) in [6, 6.07) is 39.0. The van der Waals surface area contributed by atoms with Crippen LogP contribution in [-0.2, 0) is 16.2 Å². The molecule has 0 spiro atoms. The lowest BCUT2D eigenvalue weighted by Crippen LogP contribution is -2.61. The summed E-state index contributed by atoms with van der Waals surface area (Å²) in [4.78, 5) is 5.19. The number of fused-ring (bicyclic) bond motifs is 7. The Morgan fingerprint density at radius 3 is 1.62 bits per heavy atom. The lowest BCUT2D eigenvalue weighted by molar-refractivity contribution is 0.589. The van der Waals surface area contributed by atoms with E-state index in [1.54, 1.807) is 0 Å². The summed E-state index contributed by atoms with van der Waals surface area (Å²) in [6.45, 7) is 34.5. The van der Waals surface area contributed by atoms with Gasteiger partial charge in [-0.1, -0.05) is 137 Å². The van der Waals surface area contributed by atoms with Crippen molar-refractivity contribution in [2.24, 2.45) is 0 Å². The molecule has 6 aromatic carbocycles. The molecule has 0 saturated carbocycles. The molecular formula is C59H63BN2O2. The van der Waals surface area contributed by atoms with E-state index in [1.165, 1.54) is 78.2 Å². The van der Waals surface area contributed by atoms with Crippen LogP contribution in [0.5, 0.6) is 0 Å². The molecule has 4 heterocycles. The summed E-state index contributed by atoms with van der Waals surface area (Å²) in [6.07, 6.45) is 0. The summed E-state index contributed by atoms with van der Waals surface area (Å²) in [7, 11) is 0. The number of anilines is 6. The van der Waals surface area contributed by atoms with E-state index < -0.39 is 0 Å². The second kappa shape index (κ2) is 14.3. The zero-order valence-electron chi connectivity index (χ0n) is 40.7. The molecule has 324 valence electrons. The highest BCUT2D eigenvalue weighted by molar-refractivity contribution is 7.00. The van der Waals surface area contributed by atoms with Crippen molar-refractivity contribution in [3.63, 3.8) is 0 Å². The normalized spacial score (nSPS) is 13.9. The van der Waals surface area contributed by atoms with E-state index in [4.69, 9.17) is 8.83 Å². The number of nitrogens with zero attached hydrogens (tertiary/aromatic N) is 2. The van der Waals surface area contributed by atoms with Gasteiger partial charge in [0.15, 0.2) is 0 Å². The predicted molar refractivity (Wildman–Crippen MR) is 275 cm³/mol. The first-order valence-corrected chi connectivity index (χ1v) is 23.3. The Morgan fingerprint density at radius 2 is 1.06 bits per heavy atom. The molecule has 10 rings (SSSR count). The number of furan rings is 2. The summed E-state index contributed by atoms with van der Waals surface area (Å²) in [5.74, 6) is 1.14. The van der Waals surface area contributed by atoms with Crippen LogP contribution in [0.2, 0.25) is 0 Å². The second-order valence-electron chi connectivity index (χ2n) is 22.3. The molecule has 4 nitrogen and oxygen atoms in total. The largest absolute Gasteiger partial charge is 0.468 e. The molecule has 8 aromatic rings. The molecule has 5 heteroatoms. The molecule has 64 heavy (non-hydrogen) atoms. The predicted octanol–water partition coefficient (Wildman–Crippen LogP) is 15.2. The van der Waals surface area contributed by atoms with Gasteiger partial charge in [-0.25, -0.2) is 0 Å². The Balaban J connectivity index is 1.35. The van der Waals surface area contributed by atoms with Gasteiger partial charge in [0.05, 0.1) is 22.7 Å². The molecule has 0 radical (unpaired) electrons. The van der Waals surface area contributed by atoms with Crippen LogP contribution in [0.3, 0.4) is 0 Å². The first-order valence-electron chi connectivity index (χ1n) is 23.3. The molecule has 2 aliphatic heterocycles. The smallest absolute Gasteiger partial charge is 0.297 e. The number of aryl methyl sites for hydroxylation is 4. The van der Waals surface area contributed by atoms with Gasteiger partial charge in [0.1, 0.15) is 16.9 Å². The van der Waals surface area contributed by atoms with Gasteiger partial charge in [-0.2, -0.15) is 0 Å². The summed E-state index contributed by atoms with van der Waals surface area (Å²) >= 11 is 0. The lowest BCUT2D eigenvalue weighted by atomic mass is 9.35. The minimum atomic E-state index is -0.164. The number of hydrogen-bond donors (Lipinski definition) is 0. The molecule has 0 unspecified atom stereocenters. The second-order valence-corrected chi connectivity index (χ2v) is 22.3. The van der Waals surface area contributed by atoms with Crippen LogP contribution >= 0.6 is 0 Å². The van der Waals surface area contributed by atoms with Gasteiger partial charge in [0, 0.05) is 33.4 Å². The molecule has 2 aromatic heterocycles. The van der Waals surface area contributed by atoms with E-state index in [0.717, 1.165) is 50.3 Å². The molecule has 0 amide bonds. The SMILES string of the molecule is Cc1cc(C(C)(C)C)cc(C)c1N1c2cc(-c3cc4ccccc4o3)ccc2B2c3oc4ccc(C(C)(C)C)cc4c3N(c3c(C)cc(C(C)(C)C)cc3C)c3cc(C(C)C)cc1c32. The van der Waals surface area contributed by atoms with Crippen LogP contribution in [0, 0.1) is 27.7 Å². The number of benzene rings is 6. The van der Waals surface area contributed by atoms with E-state index >= 15 is 0 Å². The highest BCUT2D eigenvalue weighted by Crippen LogP contribution is 2.51. The first-order chi connectivity index (χ1) is 30.1. The third-order valence-corrected chi connectivity index (χ3v) is 14.1. The van der Waals surface area contributed by atoms with Crippen molar-refractivity contribution in [2.45, 2.75) is 126 Å². The Morgan fingerprint density at radius 1 is 0.500 bits per heavy atom. The summed E-state index contributed by atoms with van der Waals surface area (Å²) < 4.78 is 14.0. The molecule has 0 saturated heterocycles. The van der Waals surface area contributed by atoms with E-state index in [0.29, 0.717) is 0 Å². The zero-order chi connectivity index (χ0) is 45.5. The van der Waals surface area contributed by atoms with Gasteiger partial charge in [-0.15, -0.1) is 0 Å². The van der Waals surface area contributed by atoms with E-state index in [9.17, 15) is 0 Å². The minimum Gasteiger partial charge on any atom is -0.468 e. The third-order valence-electron chi connectivity index (χ3n) is 14.1. The molecule has 0 aliphatic carbocycles. The first kappa shape index (κ1) is 42.0. The highest BCUT2D eigenvalue weighted by Gasteiger charge is 2.48. The minimum absolute atomic E-state index is 0.00739. The maximum absolute atomic E-state index is 7.37. The number of para-hydroxylation sites is 1. The Labute approximate surface area is 381 Å². The fourth-order valence-corrected chi connectivity index (χ4v) is 10.5. The van der Waals surface area contributed by atoms with Crippen LogP contribution in [0.1, 0.15) is 127 Å². The van der Waals surface area contributed by atoms with Crippen LogP contribution < -0.4 is 26.4 Å². The van der Waals surface area contributed by atoms with E-state index in [-0.39, 0.29) is 28.9 Å². The van der Waals surface area contributed by atoms with Crippen molar-refractivity contribution < 1.29 is 8.83 Å². The van der Waals surface area contributed by atoms with Crippen molar-refractivity contribution >= 4 is 79.4 Å². The van der Waals surface area contributed by atoms with Crippen molar-refractivity contribution in [1.29, 1.82) is 0 Å². The fraction of sp³-hybridized carbons (Fsp3) is 0.322. The van der Waals surface area contributed by atoms with Crippen LogP contribution in [-0.4, -0.2) is 6.71 Å². The van der Waals surface area contributed by atoms with Gasteiger partial charge >= 0.3 is 0 Å². The van der Waals surface area contributed by atoms with Crippen LogP contribution in [0.4, 0.5) is 34.1 Å². The number of hydrogen-bond acceptors (Lipinski definition) is 4. The van der Waals surface area contributed by atoms with E-state index in [2.05, 4.69) is 211 Å². The molecular weight excluding hydrogens is 779 g/mol. The zero-order valence-corrected chi connectivity index (χ0v) is 40.7.